The number of aliphatic imine (C=N–C) groups is 1. The number of aryl methyl sites for hydroxylation is 1. The molecular weight excluding hydrogens is 394 g/mol. The average Bonchev–Trinajstić information content (AvgIpc) is 2.78. The molecular formula is C21H25N9O. The minimum absolute atomic E-state index is 0.217. The number of hydrogen-bond donors (Lipinski definition) is 2. The zero-order valence-corrected chi connectivity index (χ0v) is 17.7. The molecule has 2 aromatic heterocycles. The van der Waals surface area contributed by atoms with Crippen molar-refractivity contribution in [3.05, 3.63) is 41.3 Å². The molecule has 1 fully saturated rings. The van der Waals surface area contributed by atoms with Gasteiger partial charge in [0.25, 0.3) is 0 Å². The molecule has 1 aliphatic rings. The zero-order valence-electron chi connectivity index (χ0n) is 17.7. The monoisotopic (exact) mass is 419 g/mol. The van der Waals surface area contributed by atoms with Gasteiger partial charge in [-0.05, 0) is 19.1 Å². The van der Waals surface area contributed by atoms with Crippen LogP contribution >= 0.6 is 0 Å². The maximum Gasteiger partial charge on any atom is 0.222 e. The number of nitrogens with one attached hydrogen (secondary N) is 1. The molecule has 2 aromatic rings. The molecule has 0 amide bonds. The Balaban J connectivity index is 1.79. The molecule has 0 radical (unpaired) electrons. The fourth-order valence-electron chi connectivity index (χ4n) is 3.17. The third-order valence-corrected chi connectivity index (χ3v) is 4.68. The molecule has 3 rings (SSSR count). The molecule has 0 spiro atoms. The van der Waals surface area contributed by atoms with Crippen molar-refractivity contribution in [1.29, 1.82) is 5.26 Å². The molecule has 3 heterocycles. The molecule has 3 N–H and O–H groups in total. The number of piperazine rings is 1. The molecule has 0 aliphatic carbocycles. The minimum Gasteiger partial charge on any atom is -0.383 e. The highest BCUT2D eigenvalue weighted by Crippen LogP contribution is 2.22. The van der Waals surface area contributed by atoms with Crippen LogP contribution < -0.4 is 16.0 Å². The summed E-state index contributed by atoms with van der Waals surface area (Å²) in [6.07, 6.45) is 5.38. The van der Waals surface area contributed by atoms with E-state index in [1.54, 1.807) is 19.5 Å². The van der Waals surface area contributed by atoms with Gasteiger partial charge in [-0.2, -0.15) is 10.2 Å². The van der Waals surface area contributed by atoms with E-state index in [2.05, 4.69) is 42.0 Å². The first-order valence-corrected chi connectivity index (χ1v) is 9.87. The number of hydrogen-bond acceptors (Lipinski definition) is 8. The van der Waals surface area contributed by atoms with E-state index in [1.807, 2.05) is 30.1 Å². The third kappa shape index (κ3) is 5.81. The lowest BCUT2D eigenvalue weighted by molar-refractivity contribution is 0.207. The summed E-state index contributed by atoms with van der Waals surface area (Å²) in [7, 11) is 1.62. The number of methoxy groups -OCH3 is 1. The normalized spacial score (nSPS) is 13.9. The second-order valence-corrected chi connectivity index (χ2v) is 6.77. The van der Waals surface area contributed by atoms with Crippen LogP contribution in [0.25, 0.3) is 0 Å². The topological polar surface area (TPSA) is 129 Å². The molecule has 10 nitrogen and oxygen atoms in total. The van der Waals surface area contributed by atoms with Crippen molar-refractivity contribution in [3.63, 3.8) is 0 Å². The summed E-state index contributed by atoms with van der Waals surface area (Å²) >= 11 is 0. The molecule has 1 saturated heterocycles. The maximum atomic E-state index is 9.04. The zero-order chi connectivity index (χ0) is 22.1. The highest BCUT2D eigenvalue weighted by molar-refractivity contribution is 5.81. The number of nitrogens with two attached hydrogens (primary N) is 1. The highest BCUT2D eigenvalue weighted by Gasteiger charge is 2.23. The molecule has 0 atom stereocenters. The van der Waals surface area contributed by atoms with Gasteiger partial charge in [0.15, 0.2) is 6.19 Å². The Hall–Kier alpha value is -3.89. The van der Waals surface area contributed by atoms with Crippen molar-refractivity contribution in [1.82, 2.24) is 25.2 Å². The van der Waals surface area contributed by atoms with E-state index >= 15 is 0 Å². The summed E-state index contributed by atoms with van der Waals surface area (Å²) in [5.74, 6) is 7.80. The van der Waals surface area contributed by atoms with Crippen LogP contribution in [0.15, 0.2) is 29.5 Å². The average molecular weight is 419 g/mol. The van der Waals surface area contributed by atoms with Crippen LogP contribution in [-0.4, -0.2) is 72.3 Å². The van der Waals surface area contributed by atoms with Crippen molar-refractivity contribution in [3.8, 4) is 18.0 Å². The molecule has 1 aliphatic heterocycles. The summed E-state index contributed by atoms with van der Waals surface area (Å²) in [6, 6.07) is 3.75. The third-order valence-electron chi connectivity index (χ3n) is 4.68. The van der Waals surface area contributed by atoms with E-state index in [0.717, 1.165) is 16.8 Å². The van der Waals surface area contributed by atoms with Crippen LogP contribution in [0.1, 0.15) is 16.8 Å². The highest BCUT2D eigenvalue weighted by atomic mass is 16.5. The number of rotatable bonds is 4. The Morgan fingerprint density at radius 3 is 2.77 bits per heavy atom. The fourth-order valence-corrected chi connectivity index (χ4v) is 3.17. The molecule has 160 valence electrons. The van der Waals surface area contributed by atoms with Crippen molar-refractivity contribution in [2.24, 2.45) is 4.99 Å². The first-order valence-electron chi connectivity index (χ1n) is 9.87. The minimum atomic E-state index is 0.217. The van der Waals surface area contributed by atoms with Crippen LogP contribution in [0.4, 0.5) is 11.8 Å². The number of nitrogen functional groups attached to an aromatic ring is 1. The van der Waals surface area contributed by atoms with Gasteiger partial charge >= 0.3 is 0 Å². The summed E-state index contributed by atoms with van der Waals surface area (Å²) in [5.41, 5.74) is 8.22. The van der Waals surface area contributed by atoms with E-state index < -0.39 is 0 Å². The standard InChI is InChI=1S/C21H25N9O/c1-16-18(6-5-17-4-3-7-24-14-17)19(28-20(23)27-16)29-9-11-30(12-10-29)21(26-15-22)25-8-13-31-2/h3-4,7,14H,8-13H2,1-2H3,(H,25,26)(H2,23,27,28). The van der Waals surface area contributed by atoms with Crippen molar-refractivity contribution >= 4 is 17.7 Å². The van der Waals surface area contributed by atoms with Gasteiger partial charge < -0.3 is 20.3 Å². The SMILES string of the molecule is COCCN=C(NC#N)N1CCN(c2nc(N)nc(C)c2C#Cc2cccnc2)CC1. The first kappa shape index (κ1) is 21.8. The number of pyridine rings is 1. The second-order valence-electron chi connectivity index (χ2n) is 6.77. The predicted octanol–water partition coefficient (Wildman–Crippen LogP) is 0.357. The fraction of sp³-hybridized carbons (Fsp3) is 0.381. The number of nitriles is 1. The van der Waals surface area contributed by atoms with Gasteiger partial charge in [-0.25, -0.2) is 9.98 Å². The van der Waals surface area contributed by atoms with Gasteiger partial charge in [0, 0.05) is 51.2 Å². The number of aromatic nitrogens is 3. The molecule has 0 unspecified atom stereocenters. The van der Waals surface area contributed by atoms with Gasteiger partial charge in [0.2, 0.25) is 11.9 Å². The number of guanidine groups is 1. The molecule has 0 aromatic carbocycles. The van der Waals surface area contributed by atoms with Crippen LogP contribution in [-0.2, 0) is 4.74 Å². The van der Waals surface area contributed by atoms with E-state index in [1.165, 1.54) is 0 Å². The second kappa shape index (κ2) is 10.8. The van der Waals surface area contributed by atoms with E-state index in [9.17, 15) is 0 Å². The molecule has 10 heteroatoms. The lowest BCUT2D eigenvalue weighted by Gasteiger charge is -2.37. The lowest BCUT2D eigenvalue weighted by atomic mass is 10.1. The number of nitrogens with zero attached hydrogens (tertiary/aromatic N) is 7. The van der Waals surface area contributed by atoms with Crippen LogP contribution in [0, 0.1) is 30.2 Å². The van der Waals surface area contributed by atoms with Crippen LogP contribution in [0.5, 0.6) is 0 Å². The van der Waals surface area contributed by atoms with Crippen LogP contribution in [0.2, 0.25) is 0 Å². The van der Waals surface area contributed by atoms with Crippen LogP contribution in [0.3, 0.4) is 0 Å². The van der Waals surface area contributed by atoms with Crippen molar-refractivity contribution < 1.29 is 4.74 Å². The Morgan fingerprint density at radius 1 is 1.29 bits per heavy atom. The predicted molar refractivity (Wildman–Crippen MR) is 118 cm³/mol. The largest absolute Gasteiger partial charge is 0.383 e. The number of anilines is 2. The Kier molecular flexibility index (Phi) is 7.57. The summed E-state index contributed by atoms with van der Waals surface area (Å²) in [4.78, 5) is 21.5. The quantitative estimate of drug-likeness (QED) is 0.180. The molecule has 31 heavy (non-hydrogen) atoms. The Labute approximate surface area is 181 Å². The van der Waals surface area contributed by atoms with Gasteiger partial charge in [0.05, 0.1) is 24.4 Å². The first-order chi connectivity index (χ1) is 15.1. The van der Waals surface area contributed by atoms with E-state index in [0.29, 0.717) is 51.1 Å². The Bertz CT molecular complexity index is 1010. The lowest BCUT2D eigenvalue weighted by Crippen LogP contribution is -2.52. The van der Waals surface area contributed by atoms with Gasteiger partial charge in [-0.1, -0.05) is 11.8 Å². The van der Waals surface area contributed by atoms with E-state index in [-0.39, 0.29) is 5.95 Å². The van der Waals surface area contributed by atoms with Gasteiger partial charge in [-0.15, -0.1) is 0 Å². The molecule has 0 saturated carbocycles. The molecule has 0 bridgehead atoms. The van der Waals surface area contributed by atoms with Gasteiger partial charge in [0.1, 0.15) is 5.82 Å². The van der Waals surface area contributed by atoms with E-state index in [4.69, 9.17) is 15.7 Å². The van der Waals surface area contributed by atoms with Crippen molar-refractivity contribution in [2.75, 3.05) is 57.1 Å². The summed E-state index contributed by atoms with van der Waals surface area (Å²) in [6.45, 7) is 5.54. The Morgan fingerprint density at radius 2 is 2.10 bits per heavy atom. The maximum absolute atomic E-state index is 9.04. The van der Waals surface area contributed by atoms with Crippen molar-refractivity contribution in [2.45, 2.75) is 6.92 Å². The number of ether oxygens (including phenoxy) is 1. The van der Waals surface area contributed by atoms with Gasteiger partial charge in [-0.3, -0.25) is 10.3 Å². The summed E-state index contributed by atoms with van der Waals surface area (Å²) in [5, 5.41) is 11.7. The smallest absolute Gasteiger partial charge is 0.222 e. The summed E-state index contributed by atoms with van der Waals surface area (Å²) < 4.78 is 5.04.